The lowest BCUT2D eigenvalue weighted by Crippen LogP contribution is -2.34. The van der Waals surface area contributed by atoms with Crippen molar-refractivity contribution in [3.8, 4) is 0 Å². The third-order valence-electron chi connectivity index (χ3n) is 3.06. The molecule has 2 rings (SSSR count). The summed E-state index contributed by atoms with van der Waals surface area (Å²) in [6.45, 7) is 3.30. The number of hydrogen-bond acceptors (Lipinski definition) is 3. The zero-order valence-electron chi connectivity index (χ0n) is 12.8. The molecule has 0 aliphatic heterocycles. The van der Waals surface area contributed by atoms with Crippen LogP contribution in [-0.4, -0.2) is 16.9 Å². The smallest absolute Gasteiger partial charge is 0.257 e. The van der Waals surface area contributed by atoms with Crippen molar-refractivity contribution < 1.29 is 9.59 Å². The maximum Gasteiger partial charge on any atom is 0.257 e. The number of hydrogen-bond donors (Lipinski definition) is 3. The van der Waals surface area contributed by atoms with Gasteiger partial charge in [-0.3, -0.25) is 14.9 Å². The largest absolute Gasteiger partial charge is 0.332 e. The first-order chi connectivity index (χ1) is 11.0. The molecule has 0 heterocycles. The van der Waals surface area contributed by atoms with Crippen LogP contribution in [0.1, 0.15) is 22.8 Å². The van der Waals surface area contributed by atoms with E-state index >= 15 is 0 Å². The maximum absolute atomic E-state index is 12.2. The zero-order valence-corrected chi connectivity index (χ0v) is 13.7. The summed E-state index contributed by atoms with van der Waals surface area (Å²) >= 11 is 5.16. The number of carbonyl (C=O) groups excluding carboxylic acids is 2. The summed E-state index contributed by atoms with van der Waals surface area (Å²) < 4.78 is 0. The Bertz CT molecular complexity index is 759. The summed E-state index contributed by atoms with van der Waals surface area (Å²) in [6, 6.07) is 14.3. The fourth-order valence-corrected chi connectivity index (χ4v) is 2.25. The van der Waals surface area contributed by atoms with Crippen molar-refractivity contribution in [3.63, 3.8) is 0 Å². The minimum Gasteiger partial charge on any atom is -0.332 e. The number of carbonyl (C=O) groups is 2. The molecule has 0 radical (unpaired) electrons. The van der Waals surface area contributed by atoms with Crippen molar-refractivity contribution in [1.82, 2.24) is 5.32 Å². The molecular weight excluding hydrogens is 310 g/mol. The number of anilines is 2. The second kappa shape index (κ2) is 7.51. The molecule has 2 aromatic rings. The van der Waals surface area contributed by atoms with E-state index in [1.54, 1.807) is 36.4 Å². The van der Waals surface area contributed by atoms with Gasteiger partial charge in [-0.25, -0.2) is 0 Å². The normalized spacial score (nSPS) is 9.83. The number of rotatable bonds is 3. The first-order valence-corrected chi connectivity index (χ1v) is 7.42. The molecular formula is C17H17N3O2S. The lowest BCUT2D eigenvalue weighted by molar-refractivity contribution is -0.114. The van der Waals surface area contributed by atoms with Gasteiger partial charge in [-0.15, -0.1) is 0 Å². The van der Waals surface area contributed by atoms with E-state index in [0.717, 1.165) is 5.56 Å². The van der Waals surface area contributed by atoms with Crippen LogP contribution in [-0.2, 0) is 4.79 Å². The van der Waals surface area contributed by atoms with Crippen LogP contribution in [0.5, 0.6) is 0 Å². The number of thiocarbonyl (C=S) groups is 1. The predicted octanol–water partition coefficient (Wildman–Crippen LogP) is 3.08. The number of aryl methyl sites for hydroxylation is 1. The molecule has 0 bridgehead atoms. The van der Waals surface area contributed by atoms with Crippen LogP contribution in [0.25, 0.3) is 0 Å². The van der Waals surface area contributed by atoms with Gasteiger partial charge in [0.1, 0.15) is 0 Å². The molecule has 0 aromatic heterocycles. The lowest BCUT2D eigenvalue weighted by atomic mass is 10.1. The molecule has 0 aliphatic rings. The molecule has 6 heteroatoms. The molecule has 2 amide bonds. The van der Waals surface area contributed by atoms with Gasteiger partial charge in [-0.2, -0.15) is 0 Å². The van der Waals surface area contributed by atoms with Gasteiger partial charge in [-0.1, -0.05) is 24.3 Å². The Morgan fingerprint density at radius 1 is 0.957 bits per heavy atom. The number of nitrogens with one attached hydrogen (secondary N) is 3. The average molecular weight is 327 g/mol. The minimum atomic E-state index is -0.265. The first-order valence-electron chi connectivity index (χ1n) is 7.01. The fourth-order valence-electron chi connectivity index (χ4n) is 2.04. The Labute approximate surface area is 140 Å². The van der Waals surface area contributed by atoms with E-state index in [9.17, 15) is 9.59 Å². The van der Waals surface area contributed by atoms with Crippen molar-refractivity contribution in [2.45, 2.75) is 13.8 Å². The van der Waals surface area contributed by atoms with Crippen molar-refractivity contribution in [2.24, 2.45) is 0 Å². The molecule has 2 aromatic carbocycles. The van der Waals surface area contributed by atoms with Gasteiger partial charge < -0.3 is 10.6 Å². The van der Waals surface area contributed by atoms with Crippen LogP contribution in [0.4, 0.5) is 11.4 Å². The second-order valence-corrected chi connectivity index (χ2v) is 5.39. The standard InChI is InChI=1S/C17H17N3O2S/c1-11-6-3-4-9-15(11)16(22)20-17(23)19-14-8-5-7-13(10-14)18-12(2)21/h3-10H,1-2H3,(H,18,21)(H2,19,20,22,23). The summed E-state index contributed by atoms with van der Waals surface area (Å²) in [5, 5.41) is 8.44. The lowest BCUT2D eigenvalue weighted by Gasteiger charge is -2.11. The first kappa shape index (κ1) is 16.6. The molecule has 0 spiro atoms. The zero-order chi connectivity index (χ0) is 16.8. The van der Waals surface area contributed by atoms with E-state index in [-0.39, 0.29) is 16.9 Å². The van der Waals surface area contributed by atoms with Crippen molar-refractivity contribution in [1.29, 1.82) is 0 Å². The van der Waals surface area contributed by atoms with Gasteiger partial charge >= 0.3 is 0 Å². The van der Waals surface area contributed by atoms with E-state index in [4.69, 9.17) is 12.2 Å². The fraction of sp³-hybridized carbons (Fsp3) is 0.118. The third-order valence-corrected chi connectivity index (χ3v) is 3.26. The van der Waals surface area contributed by atoms with Gasteiger partial charge in [0.05, 0.1) is 0 Å². The Balaban J connectivity index is 2.01. The second-order valence-electron chi connectivity index (χ2n) is 4.99. The van der Waals surface area contributed by atoms with Gasteiger partial charge in [0.15, 0.2) is 5.11 Å². The summed E-state index contributed by atoms with van der Waals surface area (Å²) in [7, 11) is 0. The SMILES string of the molecule is CC(=O)Nc1cccc(NC(=S)NC(=O)c2ccccc2C)c1. The van der Waals surface area contributed by atoms with E-state index in [1.165, 1.54) is 6.92 Å². The molecule has 0 atom stereocenters. The Morgan fingerprint density at radius 3 is 2.26 bits per heavy atom. The molecule has 3 N–H and O–H groups in total. The Morgan fingerprint density at radius 2 is 1.61 bits per heavy atom. The van der Waals surface area contributed by atoms with E-state index in [0.29, 0.717) is 16.9 Å². The minimum absolute atomic E-state index is 0.155. The maximum atomic E-state index is 12.2. The van der Waals surface area contributed by atoms with Crippen molar-refractivity contribution in [3.05, 3.63) is 59.7 Å². The van der Waals surface area contributed by atoms with Gasteiger partial charge in [0.25, 0.3) is 5.91 Å². The van der Waals surface area contributed by atoms with E-state index in [1.807, 2.05) is 19.1 Å². The molecule has 0 saturated carbocycles. The molecule has 23 heavy (non-hydrogen) atoms. The van der Waals surface area contributed by atoms with Crippen molar-refractivity contribution in [2.75, 3.05) is 10.6 Å². The predicted molar refractivity (Wildman–Crippen MR) is 95.6 cm³/mol. The molecule has 0 unspecified atom stereocenters. The highest BCUT2D eigenvalue weighted by Gasteiger charge is 2.10. The van der Waals surface area contributed by atoms with Gasteiger partial charge in [-0.05, 0) is 49.0 Å². The van der Waals surface area contributed by atoms with Crippen molar-refractivity contribution >= 4 is 40.5 Å². The van der Waals surface area contributed by atoms with Crippen LogP contribution in [0.3, 0.4) is 0 Å². The van der Waals surface area contributed by atoms with Gasteiger partial charge in [0.2, 0.25) is 5.91 Å². The Hall–Kier alpha value is -2.73. The van der Waals surface area contributed by atoms with E-state index in [2.05, 4.69) is 16.0 Å². The molecule has 118 valence electrons. The summed E-state index contributed by atoms with van der Waals surface area (Å²) in [5.41, 5.74) is 2.77. The topological polar surface area (TPSA) is 70.2 Å². The summed E-state index contributed by atoms with van der Waals surface area (Å²) in [6.07, 6.45) is 0. The van der Waals surface area contributed by atoms with Crippen LogP contribution >= 0.6 is 12.2 Å². The average Bonchev–Trinajstić information content (AvgIpc) is 2.47. The van der Waals surface area contributed by atoms with Crippen LogP contribution in [0, 0.1) is 6.92 Å². The Kier molecular flexibility index (Phi) is 5.43. The number of benzene rings is 2. The van der Waals surface area contributed by atoms with E-state index < -0.39 is 0 Å². The number of amides is 2. The quantitative estimate of drug-likeness (QED) is 0.758. The summed E-state index contributed by atoms with van der Waals surface area (Å²) in [4.78, 5) is 23.2. The van der Waals surface area contributed by atoms with Crippen LogP contribution in [0.2, 0.25) is 0 Å². The monoisotopic (exact) mass is 327 g/mol. The molecule has 0 aliphatic carbocycles. The van der Waals surface area contributed by atoms with Crippen LogP contribution in [0.15, 0.2) is 48.5 Å². The highest BCUT2D eigenvalue weighted by molar-refractivity contribution is 7.80. The van der Waals surface area contributed by atoms with Crippen LogP contribution < -0.4 is 16.0 Å². The van der Waals surface area contributed by atoms with Gasteiger partial charge in [0, 0.05) is 23.9 Å². The molecule has 0 saturated heterocycles. The molecule has 0 fully saturated rings. The third kappa shape index (κ3) is 4.89. The molecule has 5 nitrogen and oxygen atoms in total. The highest BCUT2D eigenvalue weighted by atomic mass is 32.1. The summed E-state index contributed by atoms with van der Waals surface area (Å²) in [5.74, 6) is -0.420. The highest BCUT2D eigenvalue weighted by Crippen LogP contribution is 2.15.